The van der Waals surface area contributed by atoms with Crippen molar-refractivity contribution in [2.24, 2.45) is 5.73 Å². The van der Waals surface area contributed by atoms with E-state index in [0.717, 1.165) is 77.0 Å². The summed E-state index contributed by atoms with van der Waals surface area (Å²) in [5.41, 5.74) is 5.32. The Morgan fingerprint density at radius 1 is 0.612 bits per heavy atom. The number of hydrogen-bond acceptors (Lipinski definition) is 8. The van der Waals surface area contributed by atoms with Crippen LogP contribution in [0.5, 0.6) is 0 Å². The predicted octanol–water partition coefficient (Wildman–Crippen LogP) is 10.4. The number of esters is 2. The smallest absolute Gasteiger partial charge is 0.462 e. The molecule has 10 heteroatoms. The molecule has 0 aliphatic rings. The number of allylic oxidation sites excluding steroid dienone is 8. The van der Waals surface area contributed by atoms with Crippen LogP contribution in [0.3, 0.4) is 0 Å². The lowest BCUT2D eigenvalue weighted by Crippen LogP contribution is -2.29. The van der Waals surface area contributed by atoms with Gasteiger partial charge >= 0.3 is 19.8 Å². The number of phosphoric ester groups is 1. The first kappa shape index (κ1) is 47.0. The van der Waals surface area contributed by atoms with Gasteiger partial charge in [0.2, 0.25) is 0 Å². The van der Waals surface area contributed by atoms with Crippen LogP contribution in [0.15, 0.2) is 48.6 Å². The molecule has 0 spiro atoms. The highest BCUT2D eigenvalue weighted by molar-refractivity contribution is 7.47. The minimum atomic E-state index is -4.38. The van der Waals surface area contributed by atoms with E-state index in [0.29, 0.717) is 12.8 Å². The molecule has 0 saturated heterocycles. The van der Waals surface area contributed by atoms with Crippen LogP contribution < -0.4 is 5.73 Å². The van der Waals surface area contributed by atoms with Gasteiger partial charge < -0.3 is 20.1 Å². The molecule has 3 N–H and O–H groups in total. The zero-order valence-corrected chi connectivity index (χ0v) is 31.8. The first-order valence-corrected chi connectivity index (χ1v) is 20.6. The molecule has 0 aliphatic heterocycles. The topological polar surface area (TPSA) is 134 Å². The van der Waals surface area contributed by atoms with E-state index in [1.54, 1.807) is 0 Å². The first-order valence-electron chi connectivity index (χ1n) is 19.1. The number of carbonyl (C=O) groups is 2. The maximum absolute atomic E-state index is 12.5. The van der Waals surface area contributed by atoms with Crippen molar-refractivity contribution in [3.05, 3.63) is 48.6 Å². The van der Waals surface area contributed by atoms with E-state index in [4.69, 9.17) is 24.3 Å². The molecule has 0 aliphatic carbocycles. The molecule has 0 fully saturated rings. The van der Waals surface area contributed by atoms with Gasteiger partial charge in [-0.15, -0.1) is 0 Å². The molecule has 1 unspecified atom stereocenters. The summed E-state index contributed by atoms with van der Waals surface area (Å²) in [6.45, 7) is 3.60. The third kappa shape index (κ3) is 35.6. The van der Waals surface area contributed by atoms with Gasteiger partial charge in [0.05, 0.1) is 13.2 Å². The van der Waals surface area contributed by atoms with Crippen LogP contribution in [0.1, 0.15) is 155 Å². The minimum absolute atomic E-state index is 0.0471. The molecule has 0 saturated carbocycles. The van der Waals surface area contributed by atoms with E-state index in [9.17, 15) is 19.0 Å². The van der Waals surface area contributed by atoms with Gasteiger partial charge in [-0.1, -0.05) is 120 Å². The van der Waals surface area contributed by atoms with Gasteiger partial charge in [-0.05, 0) is 70.6 Å². The summed E-state index contributed by atoms with van der Waals surface area (Å²) >= 11 is 0. The molecule has 0 heterocycles. The van der Waals surface area contributed by atoms with Crippen molar-refractivity contribution in [1.29, 1.82) is 0 Å². The molecule has 0 aromatic heterocycles. The standard InChI is InChI=1S/C39H70NO8P/c1-3-5-7-9-11-13-15-16-17-18-19-20-22-23-25-27-29-31-38(41)45-35-37(36-47-49(43,44)46-34-33-40)48-39(42)32-30-28-26-24-21-14-12-10-8-6-4-2/h10-13,16-17,19-20,37H,3-9,14-15,18,21-36,40H2,1-2H3,(H,43,44)/b12-10+,13-11+,17-16+,20-19+/t37-/m0/s1. The van der Waals surface area contributed by atoms with Crippen LogP contribution in [-0.2, 0) is 32.7 Å². The van der Waals surface area contributed by atoms with Crippen LogP contribution in [0.25, 0.3) is 0 Å². The zero-order chi connectivity index (χ0) is 36.1. The number of ether oxygens (including phenoxy) is 2. The lowest BCUT2D eigenvalue weighted by Gasteiger charge is -2.19. The van der Waals surface area contributed by atoms with Crippen LogP contribution in [0.4, 0.5) is 0 Å². The van der Waals surface area contributed by atoms with E-state index in [1.165, 1.54) is 38.5 Å². The highest BCUT2D eigenvalue weighted by atomic mass is 31.2. The fourth-order valence-corrected chi connectivity index (χ4v) is 5.56. The average molecular weight is 712 g/mol. The summed E-state index contributed by atoms with van der Waals surface area (Å²) in [6, 6.07) is 0. The monoisotopic (exact) mass is 711 g/mol. The van der Waals surface area contributed by atoms with Crippen molar-refractivity contribution in [2.75, 3.05) is 26.4 Å². The Hall–Kier alpha value is -2.03. The molecule has 0 amide bonds. The predicted molar refractivity (Wildman–Crippen MR) is 201 cm³/mol. The second kappa shape index (κ2) is 35.8. The number of unbranched alkanes of at least 4 members (excludes halogenated alkanes) is 14. The summed E-state index contributed by atoms with van der Waals surface area (Å²) < 4.78 is 32.6. The number of hydrogen-bond donors (Lipinski definition) is 2. The molecule has 9 nitrogen and oxygen atoms in total. The zero-order valence-electron chi connectivity index (χ0n) is 30.9. The molecule has 0 aromatic carbocycles. The minimum Gasteiger partial charge on any atom is -0.462 e. The van der Waals surface area contributed by atoms with Crippen LogP contribution in [-0.4, -0.2) is 49.3 Å². The van der Waals surface area contributed by atoms with Crippen LogP contribution in [0, 0.1) is 0 Å². The highest BCUT2D eigenvalue weighted by Crippen LogP contribution is 2.43. The Balaban J connectivity index is 4.26. The summed E-state index contributed by atoms with van der Waals surface area (Å²) in [4.78, 5) is 34.7. The quantitative estimate of drug-likeness (QED) is 0.0285. The summed E-state index contributed by atoms with van der Waals surface area (Å²) in [7, 11) is -4.38. The molecule has 2 atom stereocenters. The largest absolute Gasteiger partial charge is 0.472 e. The normalized spacial score (nSPS) is 14.0. The molecular formula is C39H70NO8P. The molecule has 284 valence electrons. The molecule has 49 heavy (non-hydrogen) atoms. The SMILES string of the molecule is CCCC/C=C/CCCCCCCC(=O)O[C@@H](COC(=O)CCCCCC/C=C/C/C=C/C/C=C/CCCCC)COP(=O)(O)OCCN. The van der Waals surface area contributed by atoms with Crippen molar-refractivity contribution in [3.63, 3.8) is 0 Å². The molecule has 0 aromatic rings. The first-order chi connectivity index (χ1) is 23.8. The number of rotatable bonds is 35. The van der Waals surface area contributed by atoms with Gasteiger partial charge in [0.25, 0.3) is 0 Å². The number of phosphoric acid groups is 1. The molecule has 0 rings (SSSR count). The van der Waals surface area contributed by atoms with Gasteiger partial charge in [-0.25, -0.2) is 4.57 Å². The van der Waals surface area contributed by atoms with Crippen LogP contribution in [0.2, 0.25) is 0 Å². The Labute approximate surface area is 298 Å². The third-order valence-corrected chi connectivity index (χ3v) is 8.67. The van der Waals surface area contributed by atoms with Crippen molar-refractivity contribution < 1.29 is 37.6 Å². The average Bonchev–Trinajstić information content (AvgIpc) is 3.08. The Kier molecular flexibility index (Phi) is 34.3. The third-order valence-electron chi connectivity index (χ3n) is 7.69. The van der Waals surface area contributed by atoms with Gasteiger partial charge in [0.1, 0.15) is 6.61 Å². The second-order valence-corrected chi connectivity index (χ2v) is 13.9. The molecule has 0 radical (unpaired) electrons. The molecular weight excluding hydrogens is 641 g/mol. The fraction of sp³-hybridized carbons (Fsp3) is 0.744. The highest BCUT2D eigenvalue weighted by Gasteiger charge is 2.25. The van der Waals surface area contributed by atoms with Gasteiger partial charge in [-0.3, -0.25) is 18.6 Å². The molecule has 0 bridgehead atoms. The maximum atomic E-state index is 12.5. The Bertz CT molecular complexity index is 949. The van der Waals surface area contributed by atoms with Crippen molar-refractivity contribution in [1.82, 2.24) is 0 Å². The van der Waals surface area contributed by atoms with Crippen molar-refractivity contribution >= 4 is 19.8 Å². The Morgan fingerprint density at radius 2 is 1.08 bits per heavy atom. The van der Waals surface area contributed by atoms with Crippen LogP contribution >= 0.6 is 7.82 Å². The number of carbonyl (C=O) groups excluding carboxylic acids is 2. The number of nitrogens with two attached hydrogens (primary N) is 1. The lowest BCUT2D eigenvalue weighted by atomic mass is 10.1. The van der Waals surface area contributed by atoms with E-state index in [2.05, 4.69) is 62.5 Å². The van der Waals surface area contributed by atoms with Crippen molar-refractivity contribution in [3.8, 4) is 0 Å². The van der Waals surface area contributed by atoms with Gasteiger partial charge in [0.15, 0.2) is 6.10 Å². The van der Waals surface area contributed by atoms with E-state index in [1.807, 2.05) is 0 Å². The Morgan fingerprint density at radius 3 is 1.65 bits per heavy atom. The fourth-order valence-electron chi connectivity index (χ4n) is 4.80. The summed E-state index contributed by atoms with van der Waals surface area (Å²) in [5.74, 6) is -0.871. The van der Waals surface area contributed by atoms with Gasteiger partial charge in [0, 0.05) is 19.4 Å². The van der Waals surface area contributed by atoms with Gasteiger partial charge in [-0.2, -0.15) is 0 Å². The van der Waals surface area contributed by atoms with Crippen molar-refractivity contribution in [2.45, 2.75) is 161 Å². The summed E-state index contributed by atoms with van der Waals surface area (Å²) in [5, 5.41) is 0. The second-order valence-electron chi connectivity index (χ2n) is 12.4. The van der Waals surface area contributed by atoms with E-state index in [-0.39, 0.29) is 32.6 Å². The maximum Gasteiger partial charge on any atom is 0.472 e. The summed E-state index contributed by atoms with van der Waals surface area (Å²) in [6.07, 6.45) is 38.5. The van der Waals surface area contributed by atoms with E-state index >= 15 is 0 Å². The van der Waals surface area contributed by atoms with E-state index < -0.39 is 32.5 Å². The lowest BCUT2D eigenvalue weighted by molar-refractivity contribution is -0.161.